The topological polar surface area (TPSA) is 26.3 Å². The molecule has 0 atom stereocenters. The van der Waals surface area contributed by atoms with Gasteiger partial charge in [-0.3, -0.25) is 0 Å². The molecular formula is C53H72BNO2. The Balaban J connectivity index is 0.000000259. The number of nitrogens with zero attached hydrogens (tertiary/aromatic N) is 1. The van der Waals surface area contributed by atoms with Gasteiger partial charge in [-0.05, 0) is 25.0 Å². The monoisotopic (exact) mass is 766 g/mol. The van der Waals surface area contributed by atoms with E-state index in [2.05, 4.69) is 142 Å². The standard InChI is InChI=1S/C29H52NO2.C24H20B/c1-4-5-6-7-8-9-10-11-12-13-14-15-16-17-18-22-25-30(2,3)26-27-32-29(31)28-23-20-19-21-24-28;1-5-13-21(14-6-1)25(22-15-7-2-8-16-22,23-17-9-3-10-18-23)24-19-11-4-12-20-24/h19-21,23-24H,4-18,22,25-27H2,1-3H3;1-20H/q+1;-1. The summed E-state index contributed by atoms with van der Waals surface area (Å²) in [5, 5.41) is 0. The summed E-state index contributed by atoms with van der Waals surface area (Å²) in [4.78, 5) is 12.0. The second-order valence-corrected chi connectivity index (χ2v) is 16.7. The van der Waals surface area contributed by atoms with E-state index in [0.29, 0.717) is 12.2 Å². The minimum atomic E-state index is -1.22. The number of hydrogen-bond donors (Lipinski definition) is 0. The number of likely N-dealkylation sites (N-methyl/N-ethyl adjacent to an activating group) is 1. The molecule has 0 unspecified atom stereocenters. The molecule has 0 saturated carbocycles. The lowest BCUT2D eigenvalue weighted by atomic mass is 9.13. The highest BCUT2D eigenvalue weighted by Crippen LogP contribution is 2.15. The molecule has 0 aliphatic heterocycles. The lowest BCUT2D eigenvalue weighted by Crippen LogP contribution is -2.74. The average Bonchev–Trinajstić information content (AvgIpc) is 3.26. The summed E-state index contributed by atoms with van der Waals surface area (Å²) in [5.74, 6) is -0.215. The van der Waals surface area contributed by atoms with Gasteiger partial charge in [0.25, 0.3) is 0 Å². The van der Waals surface area contributed by atoms with Gasteiger partial charge in [0.1, 0.15) is 19.3 Å². The second kappa shape index (κ2) is 26.5. The van der Waals surface area contributed by atoms with Crippen LogP contribution in [0.15, 0.2) is 152 Å². The predicted octanol–water partition coefficient (Wildman–Crippen LogP) is 11.2. The number of unbranched alkanes of at least 4 members (excludes halogenated alkanes) is 15. The molecule has 0 fully saturated rings. The van der Waals surface area contributed by atoms with Crippen molar-refractivity contribution in [1.82, 2.24) is 0 Å². The maximum Gasteiger partial charge on any atom is 0.338 e. The SMILES string of the molecule is CCCCCCCCCCCCCCCCCC[N+](C)(C)CCOC(=O)c1ccccc1.c1ccc([B-](c2ccccc2)(c2ccccc2)c2ccccc2)cc1. The Kier molecular flexibility index (Phi) is 21.1. The molecular weight excluding hydrogens is 693 g/mol. The van der Waals surface area contributed by atoms with E-state index in [9.17, 15) is 4.79 Å². The molecule has 0 aromatic heterocycles. The summed E-state index contributed by atoms with van der Waals surface area (Å²) in [5.41, 5.74) is 5.99. The van der Waals surface area contributed by atoms with Crippen molar-refractivity contribution in [1.29, 1.82) is 0 Å². The van der Waals surface area contributed by atoms with Gasteiger partial charge in [-0.1, -0.05) is 236 Å². The van der Waals surface area contributed by atoms with Gasteiger partial charge in [0.2, 0.25) is 0 Å². The van der Waals surface area contributed by atoms with Crippen LogP contribution in [-0.4, -0.2) is 50.4 Å². The number of ether oxygens (including phenoxy) is 1. The molecule has 0 spiro atoms. The number of benzene rings is 5. The highest BCUT2D eigenvalue weighted by Gasteiger charge is 2.31. The molecule has 304 valence electrons. The van der Waals surface area contributed by atoms with Gasteiger partial charge < -0.3 is 9.22 Å². The Morgan fingerprint density at radius 3 is 1.05 bits per heavy atom. The van der Waals surface area contributed by atoms with Crippen LogP contribution in [0.25, 0.3) is 0 Å². The smallest absolute Gasteiger partial charge is 0.338 e. The van der Waals surface area contributed by atoms with Gasteiger partial charge in [-0.25, -0.2) is 4.79 Å². The third-order valence-corrected chi connectivity index (χ3v) is 11.8. The Bertz CT molecular complexity index is 1570. The zero-order valence-electron chi connectivity index (χ0n) is 35.7. The maximum atomic E-state index is 12.0. The van der Waals surface area contributed by atoms with Gasteiger partial charge in [0, 0.05) is 0 Å². The van der Waals surface area contributed by atoms with Crippen LogP contribution in [0.5, 0.6) is 0 Å². The van der Waals surface area contributed by atoms with Crippen LogP contribution in [0.2, 0.25) is 0 Å². The van der Waals surface area contributed by atoms with Gasteiger partial charge in [0.15, 0.2) is 0 Å². The van der Waals surface area contributed by atoms with Crippen molar-refractivity contribution < 1.29 is 14.0 Å². The molecule has 4 heteroatoms. The molecule has 3 nitrogen and oxygen atoms in total. The number of carbonyl (C=O) groups excluding carboxylic acids is 1. The molecule has 0 aliphatic carbocycles. The van der Waals surface area contributed by atoms with E-state index in [1.807, 2.05) is 18.2 Å². The first-order valence-corrected chi connectivity index (χ1v) is 22.4. The van der Waals surface area contributed by atoms with Crippen molar-refractivity contribution in [3.8, 4) is 0 Å². The van der Waals surface area contributed by atoms with Gasteiger partial charge >= 0.3 is 5.97 Å². The molecule has 57 heavy (non-hydrogen) atoms. The van der Waals surface area contributed by atoms with Crippen LogP contribution in [0.4, 0.5) is 0 Å². The molecule has 5 rings (SSSR count). The van der Waals surface area contributed by atoms with E-state index in [1.54, 1.807) is 12.1 Å². The number of carbonyl (C=O) groups is 1. The van der Waals surface area contributed by atoms with Crippen molar-refractivity contribution in [2.75, 3.05) is 33.8 Å². The molecule has 0 bridgehead atoms. The van der Waals surface area contributed by atoms with Crippen molar-refractivity contribution in [2.24, 2.45) is 0 Å². The first kappa shape index (κ1) is 45.3. The molecule has 0 N–H and O–H groups in total. The first-order valence-electron chi connectivity index (χ1n) is 22.4. The van der Waals surface area contributed by atoms with E-state index in [4.69, 9.17) is 4.74 Å². The molecule has 5 aromatic carbocycles. The van der Waals surface area contributed by atoms with E-state index >= 15 is 0 Å². The van der Waals surface area contributed by atoms with Crippen LogP contribution in [0.3, 0.4) is 0 Å². The van der Waals surface area contributed by atoms with E-state index in [1.165, 1.54) is 125 Å². The summed E-state index contributed by atoms with van der Waals surface area (Å²) in [7, 11) is 4.48. The largest absolute Gasteiger partial charge is 0.456 e. The van der Waals surface area contributed by atoms with Gasteiger partial charge in [0.05, 0.1) is 26.2 Å². The Morgan fingerprint density at radius 1 is 0.421 bits per heavy atom. The lowest BCUT2D eigenvalue weighted by Gasteiger charge is -2.44. The van der Waals surface area contributed by atoms with Crippen LogP contribution in [0, 0.1) is 0 Å². The normalized spacial score (nSPS) is 11.4. The number of quaternary nitrogens is 1. The predicted molar refractivity (Wildman–Crippen MR) is 248 cm³/mol. The van der Waals surface area contributed by atoms with Crippen molar-refractivity contribution in [2.45, 2.75) is 110 Å². The summed E-state index contributed by atoms with van der Waals surface area (Å²) >= 11 is 0. The fourth-order valence-corrected chi connectivity index (χ4v) is 8.36. The van der Waals surface area contributed by atoms with Crippen LogP contribution in [-0.2, 0) is 4.74 Å². The summed E-state index contributed by atoms with van der Waals surface area (Å²) in [6, 6.07) is 52.8. The minimum absolute atomic E-state index is 0.215. The fraction of sp³-hybridized carbons (Fsp3) is 0.415. The molecule has 0 radical (unpaired) electrons. The number of rotatable bonds is 25. The van der Waals surface area contributed by atoms with E-state index in [-0.39, 0.29) is 5.97 Å². The highest BCUT2D eigenvalue weighted by molar-refractivity contribution is 7.19. The number of hydrogen-bond acceptors (Lipinski definition) is 2. The third kappa shape index (κ3) is 15.8. The summed E-state index contributed by atoms with van der Waals surface area (Å²) in [6.07, 6.45) is 21.3. The van der Waals surface area contributed by atoms with Crippen molar-refractivity contribution in [3.63, 3.8) is 0 Å². The Labute approximate surface area is 347 Å². The van der Waals surface area contributed by atoms with Crippen LogP contribution < -0.4 is 21.9 Å². The van der Waals surface area contributed by atoms with E-state index < -0.39 is 6.15 Å². The quantitative estimate of drug-likeness (QED) is 0.0256. The molecule has 0 amide bonds. The molecule has 0 heterocycles. The Hall–Kier alpha value is -4.41. The highest BCUT2D eigenvalue weighted by atomic mass is 16.5. The van der Waals surface area contributed by atoms with Crippen LogP contribution >= 0.6 is 0 Å². The van der Waals surface area contributed by atoms with Gasteiger partial charge in [-0.2, -0.15) is 21.9 Å². The minimum Gasteiger partial charge on any atom is -0.456 e. The van der Waals surface area contributed by atoms with Crippen LogP contribution in [0.1, 0.15) is 120 Å². The second-order valence-electron chi connectivity index (χ2n) is 16.7. The lowest BCUT2D eigenvalue weighted by molar-refractivity contribution is -0.890. The van der Waals surface area contributed by atoms with Gasteiger partial charge in [-0.15, -0.1) is 0 Å². The zero-order valence-corrected chi connectivity index (χ0v) is 35.7. The summed E-state index contributed by atoms with van der Waals surface area (Å²) in [6.45, 7) is 4.80. The molecule has 0 aliphatic rings. The molecule has 0 saturated heterocycles. The maximum absolute atomic E-state index is 12.0. The van der Waals surface area contributed by atoms with Crippen molar-refractivity contribution >= 4 is 34.0 Å². The van der Waals surface area contributed by atoms with Crippen molar-refractivity contribution in [3.05, 3.63) is 157 Å². The third-order valence-electron chi connectivity index (χ3n) is 11.8. The zero-order chi connectivity index (χ0) is 40.3. The summed E-state index contributed by atoms with van der Waals surface area (Å²) < 4.78 is 6.36. The first-order chi connectivity index (χ1) is 28.0. The Morgan fingerprint density at radius 2 is 0.719 bits per heavy atom. The molecule has 5 aromatic rings. The fourth-order valence-electron chi connectivity index (χ4n) is 8.36. The average molecular weight is 766 g/mol. The van der Waals surface area contributed by atoms with E-state index in [0.717, 1.165) is 17.6 Å². The number of esters is 1.